The summed E-state index contributed by atoms with van der Waals surface area (Å²) < 4.78 is 36.5. The van der Waals surface area contributed by atoms with E-state index in [4.69, 9.17) is 14.6 Å². The number of carboxylic acid groups (broad SMARTS) is 1. The number of hydrogen-bond donors (Lipinski definition) is 1. The molecule has 0 atom stereocenters. The summed E-state index contributed by atoms with van der Waals surface area (Å²) in [4.78, 5) is 11.0. The standard InChI is InChI=1S/C15H12F2O4/c1-20-10-4-2-9(3-5-10)8-21-14-7-13(17)12(16)6-11(14)15(18)19/h2-7H,8H2,1H3,(H,18,19). The van der Waals surface area contributed by atoms with E-state index in [1.807, 2.05) is 0 Å². The molecule has 0 unspecified atom stereocenters. The molecule has 0 radical (unpaired) electrons. The normalized spacial score (nSPS) is 10.2. The lowest BCUT2D eigenvalue weighted by Crippen LogP contribution is -2.05. The molecule has 0 fully saturated rings. The van der Waals surface area contributed by atoms with Gasteiger partial charge in [-0.25, -0.2) is 13.6 Å². The predicted molar refractivity (Wildman–Crippen MR) is 70.6 cm³/mol. The zero-order valence-corrected chi connectivity index (χ0v) is 11.1. The van der Waals surface area contributed by atoms with Gasteiger partial charge in [-0.3, -0.25) is 0 Å². The van der Waals surface area contributed by atoms with Crippen LogP contribution < -0.4 is 9.47 Å². The van der Waals surface area contributed by atoms with Crippen molar-refractivity contribution < 1.29 is 28.2 Å². The summed E-state index contributed by atoms with van der Waals surface area (Å²) in [6, 6.07) is 8.19. The minimum Gasteiger partial charge on any atom is -0.497 e. The van der Waals surface area contributed by atoms with E-state index in [0.29, 0.717) is 11.8 Å². The number of aromatic carboxylic acids is 1. The molecule has 6 heteroatoms. The van der Waals surface area contributed by atoms with Gasteiger partial charge in [-0.05, 0) is 23.8 Å². The van der Waals surface area contributed by atoms with Gasteiger partial charge in [0, 0.05) is 6.07 Å². The molecular weight excluding hydrogens is 282 g/mol. The fourth-order valence-electron chi connectivity index (χ4n) is 1.70. The molecule has 0 aliphatic heterocycles. The Morgan fingerprint density at radius 2 is 1.76 bits per heavy atom. The van der Waals surface area contributed by atoms with Crippen molar-refractivity contribution in [2.45, 2.75) is 6.61 Å². The van der Waals surface area contributed by atoms with Crippen LogP contribution in [0.4, 0.5) is 8.78 Å². The zero-order valence-electron chi connectivity index (χ0n) is 11.1. The zero-order chi connectivity index (χ0) is 15.4. The number of methoxy groups -OCH3 is 1. The second-order valence-corrected chi connectivity index (χ2v) is 4.20. The van der Waals surface area contributed by atoms with Crippen LogP contribution in [0.3, 0.4) is 0 Å². The van der Waals surface area contributed by atoms with Crippen LogP contribution in [0.2, 0.25) is 0 Å². The molecule has 0 aliphatic rings. The first-order chi connectivity index (χ1) is 10.0. The SMILES string of the molecule is COc1ccc(COc2cc(F)c(F)cc2C(=O)O)cc1. The van der Waals surface area contributed by atoms with Crippen molar-refractivity contribution in [1.82, 2.24) is 0 Å². The van der Waals surface area contributed by atoms with Crippen molar-refractivity contribution in [2.75, 3.05) is 7.11 Å². The van der Waals surface area contributed by atoms with Gasteiger partial charge in [-0.2, -0.15) is 0 Å². The number of ether oxygens (including phenoxy) is 2. The third-order valence-electron chi connectivity index (χ3n) is 2.81. The van der Waals surface area contributed by atoms with Gasteiger partial charge in [0.25, 0.3) is 0 Å². The molecule has 4 nitrogen and oxygen atoms in total. The lowest BCUT2D eigenvalue weighted by atomic mass is 10.2. The smallest absolute Gasteiger partial charge is 0.339 e. The average Bonchev–Trinajstić information content (AvgIpc) is 2.48. The highest BCUT2D eigenvalue weighted by atomic mass is 19.2. The molecule has 110 valence electrons. The monoisotopic (exact) mass is 294 g/mol. The van der Waals surface area contributed by atoms with Crippen molar-refractivity contribution in [1.29, 1.82) is 0 Å². The molecule has 0 bridgehead atoms. The van der Waals surface area contributed by atoms with E-state index < -0.39 is 23.2 Å². The Morgan fingerprint density at radius 1 is 1.14 bits per heavy atom. The highest BCUT2D eigenvalue weighted by Gasteiger charge is 2.16. The Morgan fingerprint density at radius 3 is 2.33 bits per heavy atom. The molecule has 0 saturated carbocycles. The van der Waals surface area contributed by atoms with Gasteiger partial charge in [-0.15, -0.1) is 0 Å². The van der Waals surface area contributed by atoms with Gasteiger partial charge in [0.15, 0.2) is 11.6 Å². The van der Waals surface area contributed by atoms with Crippen molar-refractivity contribution in [3.05, 3.63) is 59.2 Å². The summed E-state index contributed by atoms with van der Waals surface area (Å²) in [7, 11) is 1.53. The fourth-order valence-corrected chi connectivity index (χ4v) is 1.70. The van der Waals surface area contributed by atoms with Crippen LogP contribution in [0.15, 0.2) is 36.4 Å². The Balaban J connectivity index is 2.18. The van der Waals surface area contributed by atoms with Gasteiger partial charge in [0.1, 0.15) is 23.7 Å². The molecule has 0 aliphatic carbocycles. The Labute approximate surface area is 119 Å². The van der Waals surface area contributed by atoms with Gasteiger partial charge in [0.05, 0.1) is 7.11 Å². The molecule has 2 rings (SSSR count). The lowest BCUT2D eigenvalue weighted by molar-refractivity contribution is 0.0691. The van der Waals surface area contributed by atoms with Crippen LogP contribution in [-0.4, -0.2) is 18.2 Å². The Hall–Kier alpha value is -2.63. The molecule has 0 spiro atoms. The third kappa shape index (κ3) is 3.47. The van der Waals surface area contributed by atoms with E-state index in [-0.39, 0.29) is 12.4 Å². The van der Waals surface area contributed by atoms with E-state index in [0.717, 1.165) is 11.6 Å². The second-order valence-electron chi connectivity index (χ2n) is 4.20. The summed E-state index contributed by atoms with van der Waals surface area (Å²) >= 11 is 0. The molecular formula is C15H12F2O4. The number of hydrogen-bond acceptors (Lipinski definition) is 3. The largest absolute Gasteiger partial charge is 0.497 e. The van der Waals surface area contributed by atoms with E-state index in [1.54, 1.807) is 24.3 Å². The third-order valence-corrected chi connectivity index (χ3v) is 2.81. The maximum Gasteiger partial charge on any atom is 0.339 e. The van der Waals surface area contributed by atoms with Crippen LogP contribution in [-0.2, 0) is 6.61 Å². The first-order valence-electron chi connectivity index (χ1n) is 5.99. The van der Waals surface area contributed by atoms with Crippen molar-refractivity contribution in [3.63, 3.8) is 0 Å². The maximum absolute atomic E-state index is 13.2. The molecule has 2 aromatic carbocycles. The fraction of sp³-hybridized carbons (Fsp3) is 0.133. The molecule has 2 aromatic rings. The topological polar surface area (TPSA) is 55.8 Å². The molecule has 0 saturated heterocycles. The molecule has 1 N–H and O–H groups in total. The quantitative estimate of drug-likeness (QED) is 0.919. The summed E-state index contributed by atoms with van der Waals surface area (Å²) in [6.07, 6.45) is 0. The van der Waals surface area contributed by atoms with Crippen LogP contribution in [0.25, 0.3) is 0 Å². The van der Waals surface area contributed by atoms with Gasteiger partial charge < -0.3 is 14.6 Å². The minimum absolute atomic E-state index is 0.0232. The second kappa shape index (κ2) is 6.21. The highest BCUT2D eigenvalue weighted by molar-refractivity contribution is 5.90. The predicted octanol–water partition coefficient (Wildman–Crippen LogP) is 3.25. The molecule has 0 amide bonds. The van der Waals surface area contributed by atoms with E-state index in [2.05, 4.69) is 0 Å². The maximum atomic E-state index is 13.2. The molecule has 0 heterocycles. The van der Waals surface area contributed by atoms with Gasteiger partial charge in [-0.1, -0.05) is 12.1 Å². The summed E-state index contributed by atoms with van der Waals surface area (Å²) in [6.45, 7) is 0.0232. The lowest BCUT2D eigenvalue weighted by Gasteiger charge is -2.10. The summed E-state index contributed by atoms with van der Waals surface area (Å²) in [5.41, 5.74) is 0.305. The molecule has 21 heavy (non-hydrogen) atoms. The van der Waals surface area contributed by atoms with Crippen LogP contribution in [0, 0.1) is 11.6 Å². The van der Waals surface area contributed by atoms with Crippen LogP contribution in [0.1, 0.15) is 15.9 Å². The molecule has 0 aromatic heterocycles. The summed E-state index contributed by atoms with van der Waals surface area (Å²) in [5.74, 6) is -3.34. The number of carbonyl (C=O) groups is 1. The van der Waals surface area contributed by atoms with E-state index >= 15 is 0 Å². The van der Waals surface area contributed by atoms with Gasteiger partial charge in [0.2, 0.25) is 0 Å². The number of rotatable bonds is 5. The first kappa shape index (κ1) is 14.8. The average molecular weight is 294 g/mol. The number of carboxylic acids is 1. The van der Waals surface area contributed by atoms with E-state index in [1.165, 1.54) is 7.11 Å². The van der Waals surface area contributed by atoms with Crippen LogP contribution >= 0.6 is 0 Å². The Bertz CT molecular complexity index is 653. The highest BCUT2D eigenvalue weighted by Crippen LogP contribution is 2.24. The van der Waals surface area contributed by atoms with Gasteiger partial charge >= 0.3 is 5.97 Å². The summed E-state index contributed by atoms with van der Waals surface area (Å²) in [5, 5.41) is 8.96. The van der Waals surface area contributed by atoms with Crippen molar-refractivity contribution in [2.24, 2.45) is 0 Å². The van der Waals surface area contributed by atoms with Crippen LogP contribution in [0.5, 0.6) is 11.5 Å². The van der Waals surface area contributed by atoms with E-state index in [9.17, 15) is 13.6 Å². The minimum atomic E-state index is -1.39. The Kier molecular flexibility index (Phi) is 4.37. The number of benzene rings is 2. The van der Waals surface area contributed by atoms with Crippen molar-refractivity contribution >= 4 is 5.97 Å². The first-order valence-corrected chi connectivity index (χ1v) is 5.99. The van der Waals surface area contributed by atoms with Crippen molar-refractivity contribution in [3.8, 4) is 11.5 Å². The number of halogens is 2.